The summed E-state index contributed by atoms with van der Waals surface area (Å²) in [6.45, 7) is 4.13. The molecule has 0 saturated heterocycles. The third-order valence-corrected chi connectivity index (χ3v) is 4.45. The topological polar surface area (TPSA) is 58.6 Å². The molecule has 0 bridgehead atoms. The smallest absolute Gasteiger partial charge is 0.329 e. The summed E-state index contributed by atoms with van der Waals surface area (Å²) >= 11 is 0. The standard InChI is InChI=1S/C16H23NO3/c1-11-8-9-12(2)16(10-11,15(18)19)17-13-6-4-5-7-14(13)20-3/h4-7,11-12,17H,8-10H2,1-3H3,(H,18,19). The molecule has 0 aliphatic heterocycles. The molecule has 0 amide bonds. The zero-order chi connectivity index (χ0) is 14.8. The van der Waals surface area contributed by atoms with Gasteiger partial charge in [0.25, 0.3) is 0 Å². The number of para-hydroxylation sites is 2. The maximum Gasteiger partial charge on any atom is 0.329 e. The van der Waals surface area contributed by atoms with Gasteiger partial charge in [0.1, 0.15) is 11.3 Å². The Morgan fingerprint density at radius 2 is 2.05 bits per heavy atom. The molecule has 1 aliphatic carbocycles. The van der Waals surface area contributed by atoms with E-state index in [0.717, 1.165) is 18.5 Å². The maximum absolute atomic E-state index is 11.9. The van der Waals surface area contributed by atoms with E-state index in [-0.39, 0.29) is 5.92 Å². The van der Waals surface area contributed by atoms with Crippen LogP contribution in [0.3, 0.4) is 0 Å². The summed E-state index contributed by atoms with van der Waals surface area (Å²) < 4.78 is 5.32. The summed E-state index contributed by atoms with van der Waals surface area (Å²) in [6, 6.07) is 7.48. The monoisotopic (exact) mass is 277 g/mol. The Kier molecular flexibility index (Phi) is 4.21. The molecular formula is C16H23NO3. The molecule has 1 aromatic rings. The van der Waals surface area contributed by atoms with Crippen LogP contribution in [-0.4, -0.2) is 23.7 Å². The van der Waals surface area contributed by atoms with Crippen LogP contribution in [0, 0.1) is 11.8 Å². The number of hydrogen-bond donors (Lipinski definition) is 2. The molecule has 4 heteroatoms. The second-order valence-electron chi connectivity index (χ2n) is 5.89. The Balaban J connectivity index is 2.36. The predicted molar refractivity (Wildman–Crippen MR) is 79.2 cm³/mol. The molecule has 0 heterocycles. The first-order chi connectivity index (χ1) is 9.49. The van der Waals surface area contributed by atoms with Gasteiger partial charge in [-0.2, -0.15) is 0 Å². The largest absolute Gasteiger partial charge is 0.495 e. The van der Waals surface area contributed by atoms with Gasteiger partial charge in [0.2, 0.25) is 0 Å². The molecule has 3 atom stereocenters. The minimum atomic E-state index is -0.910. The van der Waals surface area contributed by atoms with E-state index in [1.54, 1.807) is 7.11 Å². The van der Waals surface area contributed by atoms with Gasteiger partial charge in [-0.05, 0) is 36.8 Å². The van der Waals surface area contributed by atoms with Gasteiger partial charge in [0.15, 0.2) is 0 Å². The lowest BCUT2D eigenvalue weighted by molar-refractivity contribution is -0.146. The molecule has 0 spiro atoms. The normalized spacial score (nSPS) is 29.8. The van der Waals surface area contributed by atoms with Gasteiger partial charge in [-0.3, -0.25) is 0 Å². The first-order valence-corrected chi connectivity index (χ1v) is 7.14. The van der Waals surface area contributed by atoms with Crippen molar-refractivity contribution in [2.75, 3.05) is 12.4 Å². The molecule has 0 radical (unpaired) electrons. The van der Waals surface area contributed by atoms with Crippen molar-refractivity contribution in [3.8, 4) is 5.75 Å². The minimum Gasteiger partial charge on any atom is -0.495 e. The van der Waals surface area contributed by atoms with E-state index in [1.807, 2.05) is 31.2 Å². The molecule has 2 rings (SSSR count). The van der Waals surface area contributed by atoms with Crippen molar-refractivity contribution in [3.63, 3.8) is 0 Å². The number of carboxylic acid groups (broad SMARTS) is 1. The van der Waals surface area contributed by atoms with Crippen LogP contribution in [0.1, 0.15) is 33.1 Å². The summed E-state index contributed by atoms with van der Waals surface area (Å²) in [5, 5.41) is 13.1. The van der Waals surface area contributed by atoms with E-state index in [4.69, 9.17) is 4.74 Å². The van der Waals surface area contributed by atoms with Crippen molar-refractivity contribution in [1.82, 2.24) is 0 Å². The highest BCUT2D eigenvalue weighted by Gasteiger charge is 2.47. The highest BCUT2D eigenvalue weighted by Crippen LogP contribution is 2.41. The lowest BCUT2D eigenvalue weighted by atomic mass is 9.69. The van der Waals surface area contributed by atoms with Crippen LogP contribution in [-0.2, 0) is 4.79 Å². The van der Waals surface area contributed by atoms with Gasteiger partial charge >= 0.3 is 5.97 Å². The SMILES string of the molecule is COc1ccccc1NC1(C(=O)O)CC(C)CCC1C. The van der Waals surface area contributed by atoms with E-state index in [0.29, 0.717) is 18.1 Å². The highest BCUT2D eigenvalue weighted by molar-refractivity contribution is 5.84. The third kappa shape index (κ3) is 2.60. The summed E-state index contributed by atoms with van der Waals surface area (Å²) in [4.78, 5) is 11.9. The fraction of sp³-hybridized carbons (Fsp3) is 0.562. The molecule has 0 aromatic heterocycles. The Hall–Kier alpha value is -1.71. The summed E-state index contributed by atoms with van der Waals surface area (Å²) in [6.07, 6.45) is 2.65. The van der Waals surface area contributed by atoms with Crippen LogP contribution in [0.5, 0.6) is 5.75 Å². The second-order valence-corrected chi connectivity index (χ2v) is 5.89. The minimum absolute atomic E-state index is 0.0844. The zero-order valence-electron chi connectivity index (χ0n) is 12.3. The number of carbonyl (C=O) groups is 1. The van der Waals surface area contributed by atoms with E-state index in [1.165, 1.54) is 0 Å². The van der Waals surface area contributed by atoms with E-state index in [2.05, 4.69) is 12.2 Å². The lowest BCUT2D eigenvalue weighted by Gasteiger charge is -2.43. The fourth-order valence-electron chi connectivity index (χ4n) is 3.15. The molecule has 4 nitrogen and oxygen atoms in total. The van der Waals surface area contributed by atoms with Crippen LogP contribution in [0.15, 0.2) is 24.3 Å². The van der Waals surface area contributed by atoms with Crippen LogP contribution in [0.2, 0.25) is 0 Å². The van der Waals surface area contributed by atoms with Gasteiger partial charge < -0.3 is 15.2 Å². The van der Waals surface area contributed by atoms with Crippen molar-refractivity contribution in [2.24, 2.45) is 11.8 Å². The van der Waals surface area contributed by atoms with Gasteiger partial charge in [-0.15, -0.1) is 0 Å². The predicted octanol–water partition coefficient (Wildman–Crippen LogP) is 3.39. The van der Waals surface area contributed by atoms with Crippen LogP contribution >= 0.6 is 0 Å². The van der Waals surface area contributed by atoms with Crippen LogP contribution < -0.4 is 10.1 Å². The quantitative estimate of drug-likeness (QED) is 0.885. The number of nitrogens with one attached hydrogen (secondary N) is 1. The van der Waals surface area contributed by atoms with Gasteiger partial charge in [-0.1, -0.05) is 32.4 Å². The number of hydrogen-bond acceptors (Lipinski definition) is 3. The first-order valence-electron chi connectivity index (χ1n) is 7.14. The zero-order valence-corrected chi connectivity index (χ0v) is 12.3. The summed E-state index contributed by atoms with van der Waals surface area (Å²) in [7, 11) is 1.60. The lowest BCUT2D eigenvalue weighted by Crippen LogP contribution is -2.54. The fourth-order valence-corrected chi connectivity index (χ4v) is 3.15. The highest BCUT2D eigenvalue weighted by atomic mass is 16.5. The van der Waals surface area contributed by atoms with Crippen molar-refractivity contribution < 1.29 is 14.6 Å². The molecule has 20 heavy (non-hydrogen) atoms. The summed E-state index contributed by atoms with van der Waals surface area (Å²) in [5.74, 6) is 0.395. The van der Waals surface area contributed by atoms with Crippen molar-refractivity contribution in [1.29, 1.82) is 0 Å². The number of benzene rings is 1. The molecule has 1 saturated carbocycles. The van der Waals surface area contributed by atoms with Crippen LogP contribution in [0.4, 0.5) is 5.69 Å². The molecular weight excluding hydrogens is 254 g/mol. The first kappa shape index (κ1) is 14.7. The Bertz CT molecular complexity index is 488. The van der Waals surface area contributed by atoms with E-state index >= 15 is 0 Å². The molecule has 3 unspecified atom stereocenters. The van der Waals surface area contributed by atoms with Crippen LogP contribution in [0.25, 0.3) is 0 Å². The average Bonchev–Trinajstić information content (AvgIpc) is 2.43. The Labute approximate surface area is 120 Å². The Morgan fingerprint density at radius 1 is 1.35 bits per heavy atom. The molecule has 1 aromatic carbocycles. The number of aliphatic carboxylic acids is 1. The number of carboxylic acids is 1. The van der Waals surface area contributed by atoms with Gasteiger partial charge in [0.05, 0.1) is 12.8 Å². The van der Waals surface area contributed by atoms with Gasteiger partial charge in [0, 0.05) is 0 Å². The average molecular weight is 277 g/mol. The molecule has 2 N–H and O–H groups in total. The van der Waals surface area contributed by atoms with E-state index in [9.17, 15) is 9.90 Å². The summed E-state index contributed by atoms with van der Waals surface area (Å²) in [5.41, 5.74) is -0.162. The number of ether oxygens (including phenoxy) is 1. The number of rotatable bonds is 4. The second kappa shape index (κ2) is 5.73. The third-order valence-electron chi connectivity index (χ3n) is 4.45. The number of anilines is 1. The number of methoxy groups -OCH3 is 1. The molecule has 110 valence electrons. The van der Waals surface area contributed by atoms with E-state index < -0.39 is 11.5 Å². The molecule has 1 fully saturated rings. The van der Waals surface area contributed by atoms with Gasteiger partial charge in [-0.25, -0.2) is 4.79 Å². The Morgan fingerprint density at radius 3 is 2.70 bits per heavy atom. The van der Waals surface area contributed by atoms with Crippen molar-refractivity contribution >= 4 is 11.7 Å². The van der Waals surface area contributed by atoms with Crippen molar-refractivity contribution in [3.05, 3.63) is 24.3 Å². The van der Waals surface area contributed by atoms with Crippen molar-refractivity contribution in [2.45, 2.75) is 38.6 Å². The maximum atomic E-state index is 11.9. The molecule has 1 aliphatic rings.